The number of aromatic nitrogens is 5. The lowest BCUT2D eigenvalue weighted by molar-refractivity contribution is 0.0578. The summed E-state index contributed by atoms with van der Waals surface area (Å²) in [7, 11) is 0. The molecule has 3 aromatic heterocycles. The summed E-state index contributed by atoms with van der Waals surface area (Å²) in [6, 6.07) is 9.62. The van der Waals surface area contributed by atoms with Crippen LogP contribution in [0.25, 0.3) is 10.9 Å². The Morgan fingerprint density at radius 2 is 1.78 bits per heavy atom. The standard InChI is InChI=1S/C25H30Cl2N8O/c1-16-12-22(33-24(31-16)32-21-14-35(34-23(21)27)15-25(2,3)36)30-10-5-4-9-28-19-8-11-29-20-13-17(26)6-7-18(19)20/h6-8,11-14,36H,4-5,9-10,15H2,1-3H3,(H,28,29)(H2,30,31,32,33). The Morgan fingerprint density at radius 3 is 2.56 bits per heavy atom. The van der Waals surface area contributed by atoms with Crippen molar-refractivity contribution in [2.75, 3.05) is 29.0 Å². The molecule has 0 saturated heterocycles. The third-order valence-corrected chi connectivity index (χ3v) is 5.81. The van der Waals surface area contributed by atoms with Crippen LogP contribution >= 0.6 is 23.2 Å². The first-order valence-corrected chi connectivity index (χ1v) is 12.5. The molecule has 0 atom stereocenters. The van der Waals surface area contributed by atoms with E-state index in [-0.39, 0.29) is 5.15 Å². The van der Waals surface area contributed by atoms with Gasteiger partial charge in [-0.05, 0) is 57.9 Å². The number of fused-ring (bicyclic) bond motifs is 1. The molecule has 4 aromatic rings. The van der Waals surface area contributed by atoms with Gasteiger partial charge in [0.25, 0.3) is 0 Å². The molecule has 0 bridgehead atoms. The number of unbranched alkanes of at least 4 members (excludes halogenated alkanes) is 1. The quantitative estimate of drug-likeness (QED) is 0.184. The zero-order chi connectivity index (χ0) is 25.7. The highest BCUT2D eigenvalue weighted by Gasteiger charge is 2.17. The number of anilines is 4. The van der Waals surface area contributed by atoms with Gasteiger partial charge >= 0.3 is 0 Å². The van der Waals surface area contributed by atoms with Gasteiger partial charge in [0, 0.05) is 47.1 Å². The van der Waals surface area contributed by atoms with Gasteiger partial charge in [0.05, 0.1) is 29.5 Å². The highest BCUT2D eigenvalue weighted by atomic mass is 35.5. The van der Waals surface area contributed by atoms with Gasteiger partial charge in [-0.2, -0.15) is 10.1 Å². The summed E-state index contributed by atoms with van der Waals surface area (Å²) in [6.45, 7) is 7.26. The van der Waals surface area contributed by atoms with Crippen molar-refractivity contribution in [1.29, 1.82) is 0 Å². The summed E-state index contributed by atoms with van der Waals surface area (Å²) in [6.07, 6.45) is 5.46. The van der Waals surface area contributed by atoms with Crippen LogP contribution in [-0.2, 0) is 6.54 Å². The number of benzene rings is 1. The predicted molar refractivity (Wildman–Crippen MR) is 147 cm³/mol. The van der Waals surface area contributed by atoms with Crippen LogP contribution < -0.4 is 16.0 Å². The van der Waals surface area contributed by atoms with E-state index in [0.717, 1.165) is 54.0 Å². The number of nitrogens with zero attached hydrogens (tertiary/aromatic N) is 5. The van der Waals surface area contributed by atoms with Crippen molar-refractivity contribution in [2.45, 2.75) is 45.8 Å². The maximum Gasteiger partial charge on any atom is 0.229 e. The van der Waals surface area contributed by atoms with Crippen LogP contribution in [0.5, 0.6) is 0 Å². The SMILES string of the molecule is Cc1cc(NCCCCNc2ccnc3cc(Cl)ccc23)nc(Nc2cn(CC(C)(C)O)nc2Cl)n1. The van der Waals surface area contributed by atoms with Crippen molar-refractivity contribution in [3.8, 4) is 0 Å². The van der Waals surface area contributed by atoms with E-state index in [2.05, 4.69) is 36.0 Å². The summed E-state index contributed by atoms with van der Waals surface area (Å²) in [4.78, 5) is 13.4. The number of pyridine rings is 1. The van der Waals surface area contributed by atoms with Gasteiger partial charge in [-0.1, -0.05) is 23.2 Å². The molecule has 0 unspecified atom stereocenters. The van der Waals surface area contributed by atoms with Gasteiger partial charge < -0.3 is 21.1 Å². The largest absolute Gasteiger partial charge is 0.389 e. The minimum Gasteiger partial charge on any atom is -0.389 e. The van der Waals surface area contributed by atoms with E-state index < -0.39 is 5.60 Å². The molecule has 0 aliphatic heterocycles. The van der Waals surface area contributed by atoms with Crippen LogP contribution in [0, 0.1) is 6.92 Å². The van der Waals surface area contributed by atoms with Crippen LogP contribution in [0.2, 0.25) is 10.2 Å². The van der Waals surface area contributed by atoms with Crippen molar-refractivity contribution >= 4 is 57.2 Å². The van der Waals surface area contributed by atoms with Crippen molar-refractivity contribution in [3.63, 3.8) is 0 Å². The predicted octanol–water partition coefficient (Wildman–Crippen LogP) is 5.66. The van der Waals surface area contributed by atoms with Crippen LogP contribution in [0.3, 0.4) is 0 Å². The van der Waals surface area contributed by atoms with Gasteiger partial charge in [-0.3, -0.25) is 9.67 Å². The third-order valence-electron chi connectivity index (χ3n) is 5.30. The second-order valence-corrected chi connectivity index (χ2v) is 10.1. The molecule has 9 nitrogen and oxygen atoms in total. The fraction of sp³-hybridized carbons (Fsp3) is 0.360. The number of hydrogen-bond acceptors (Lipinski definition) is 8. The second-order valence-electron chi connectivity index (χ2n) is 9.27. The monoisotopic (exact) mass is 528 g/mol. The van der Waals surface area contributed by atoms with E-state index in [1.807, 2.05) is 37.3 Å². The van der Waals surface area contributed by atoms with E-state index in [9.17, 15) is 5.11 Å². The molecule has 36 heavy (non-hydrogen) atoms. The number of halogens is 2. The summed E-state index contributed by atoms with van der Waals surface area (Å²) in [5.41, 5.74) is 2.43. The fourth-order valence-corrected chi connectivity index (χ4v) is 4.12. The molecule has 0 aliphatic rings. The molecule has 190 valence electrons. The molecule has 0 fully saturated rings. The Morgan fingerprint density at radius 1 is 1.00 bits per heavy atom. The zero-order valence-corrected chi connectivity index (χ0v) is 22.0. The lowest BCUT2D eigenvalue weighted by Crippen LogP contribution is -2.26. The Kier molecular flexibility index (Phi) is 8.13. The molecule has 0 spiro atoms. The first-order chi connectivity index (χ1) is 17.2. The third kappa shape index (κ3) is 7.19. The molecule has 4 rings (SSSR count). The Balaban J connectivity index is 1.27. The van der Waals surface area contributed by atoms with Gasteiger partial charge in [-0.25, -0.2) is 4.98 Å². The summed E-state index contributed by atoms with van der Waals surface area (Å²) < 4.78 is 1.59. The highest BCUT2D eigenvalue weighted by molar-refractivity contribution is 6.32. The Labute approximate surface area is 220 Å². The smallest absolute Gasteiger partial charge is 0.229 e. The minimum absolute atomic E-state index is 0.288. The minimum atomic E-state index is -0.903. The number of rotatable bonds is 11. The molecule has 0 saturated carbocycles. The van der Waals surface area contributed by atoms with Gasteiger partial charge in [0.1, 0.15) is 5.82 Å². The normalized spacial score (nSPS) is 11.6. The molecule has 4 N–H and O–H groups in total. The summed E-state index contributed by atoms with van der Waals surface area (Å²) >= 11 is 12.3. The van der Waals surface area contributed by atoms with Gasteiger partial charge in [0.2, 0.25) is 5.95 Å². The first kappa shape index (κ1) is 25.9. The molecular formula is C25H30Cl2N8O. The van der Waals surface area contributed by atoms with E-state index in [1.165, 1.54) is 0 Å². The van der Waals surface area contributed by atoms with Crippen molar-refractivity contribution in [1.82, 2.24) is 24.7 Å². The van der Waals surface area contributed by atoms with Gasteiger partial charge in [-0.15, -0.1) is 0 Å². The first-order valence-electron chi connectivity index (χ1n) is 11.8. The van der Waals surface area contributed by atoms with E-state index in [1.54, 1.807) is 30.9 Å². The molecule has 11 heteroatoms. The van der Waals surface area contributed by atoms with Crippen molar-refractivity contribution in [3.05, 3.63) is 58.6 Å². The molecule has 0 amide bonds. The number of aryl methyl sites for hydroxylation is 1. The van der Waals surface area contributed by atoms with Crippen molar-refractivity contribution < 1.29 is 5.11 Å². The molecule has 1 aromatic carbocycles. The van der Waals surface area contributed by atoms with Crippen LogP contribution in [0.1, 0.15) is 32.4 Å². The van der Waals surface area contributed by atoms with E-state index in [0.29, 0.717) is 23.2 Å². The molecular weight excluding hydrogens is 499 g/mol. The topological polar surface area (TPSA) is 113 Å². The molecule has 0 aliphatic carbocycles. The van der Waals surface area contributed by atoms with Crippen LogP contribution in [0.4, 0.5) is 23.1 Å². The average Bonchev–Trinajstić information content (AvgIpc) is 3.12. The maximum absolute atomic E-state index is 10.0. The van der Waals surface area contributed by atoms with Gasteiger partial charge in [0.15, 0.2) is 5.15 Å². The second kappa shape index (κ2) is 11.3. The van der Waals surface area contributed by atoms with E-state index >= 15 is 0 Å². The highest BCUT2D eigenvalue weighted by Crippen LogP contribution is 2.25. The molecule has 0 radical (unpaired) electrons. The fourth-order valence-electron chi connectivity index (χ4n) is 3.76. The van der Waals surface area contributed by atoms with Crippen LogP contribution in [0.15, 0.2) is 42.7 Å². The number of hydrogen-bond donors (Lipinski definition) is 4. The lowest BCUT2D eigenvalue weighted by Gasteiger charge is -2.16. The summed E-state index contributed by atoms with van der Waals surface area (Å²) in [5.74, 6) is 1.16. The van der Waals surface area contributed by atoms with E-state index in [4.69, 9.17) is 23.2 Å². The zero-order valence-electron chi connectivity index (χ0n) is 20.5. The maximum atomic E-state index is 10.0. The lowest BCUT2D eigenvalue weighted by atomic mass is 10.1. The van der Waals surface area contributed by atoms with Crippen molar-refractivity contribution in [2.24, 2.45) is 0 Å². The Hall–Kier alpha value is -3.14. The Bertz CT molecular complexity index is 1340. The molecule has 3 heterocycles. The van der Waals surface area contributed by atoms with Crippen LogP contribution in [-0.4, -0.2) is 48.5 Å². The number of nitrogens with one attached hydrogen (secondary N) is 3. The summed E-state index contributed by atoms with van der Waals surface area (Å²) in [5, 5.41) is 26.2. The average molecular weight is 529 g/mol. The number of aliphatic hydroxyl groups is 1.